The lowest BCUT2D eigenvalue weighted by molar-refractivity contribution is 0.148. The van der Waals surface area contributed by atoms with Crippen LogP contribution in [0.5, 0.6) is 5.75 Å². The van der Waals surface area contributed by atoms with Crippen molar-refractivity contribution in [1.82, 2.24) is 4.90 Å². The molecule has 1 heterocycles. The molecule has 2 N–H and O–H groups in total. The maximum absolute atomic E-state index is 5.60. The molecule has 0 atom stereocenters. The summed E-state index contributed by atoms with van der Waals surface area (Å²) < 4.78 is 10.7. The summed E-state index contributed by atoms with van der Waals surface area (Å²) in [4.78, 5) is 2.43. The minimum absolute atomic E-state index is 0.750. The first kappa shape index (κ1) is 15.3. The van der Waals surface area contributed by atoms with Crippen LogP contribution < -0.4 is 10.5 Å². The van der Waals surface area contributed by atoms with Crippen LogP contribution in [0.25, 0.3) is 0 Å². The van der Waals surface area contributed by atoms with E-state index >= 15 is 0 Å². The highest BCUT2D eigenvalue weighted by Gasteiger charge is 2.12. The fraction of sp³-hybridized carbons (Fsp3) is 0.625. The van der Waals surface area contributed by atoms with Crippen molar-refractivity contribution in [3.05, 3.63) is 29.3 Å². The molecule has 0 aromatic heterocycles. The summed E-state index contributed by atoms with van der Waals surface area (Å²) in [6.45, 7) is 5.44. The van der Waals surface area contributed by atoms with Crippen LogP contribution in [-0.2, 0) is 17.6 Å². The lowest BCUT2D eigenvalue weighted by Crippen LogP contribution is -2.31. The molecule has 2 rings (SSSR count). The van der Waals surface area contributed by atoms with E-state index in [1.54, 1.807) is 7.11 Å². The van der Waals surface area contributed by atoms with Gasteiger partial charge in [0, 0.05) is 26.6 Å². The van der Waals surface area contributed by atoms with Gasteiger partial charge in [-0.3, -0.25) is 0 Å². The highest BCUT2D eigenvalue weighted by Crippen LogP contribution is 2.26. The third kappa shape index (κ3) is 4.47. The second kappa shape index (κ2) is 8.25. The van der Waals surface area contributed by atoms with Crippen LogP contribution in [0.1, 0.15) is 17.5 Å². The van der Waals surface area contributed by atoms with Gasteiger partial charge in [-0.1, -0.05) is 12.1 Å². The Morgan fingerprint density at radius 2 is 2.20 bits per heavy atom. The van der Waals surface area contributed by atoms with Crippen molar-refractivity contribution in [1.29, 1.82) is 0 Å². The van der Waals surface area contributed by atoms with Crippen LogP contribution in [0.15, 0.2) is 18.2 Å². The third-order valence-electron chi connectivity index (χ3n) is 3.76. The molecule has 1 aliphatic heterocycles. The molecule has 0 aliphatic carbocycles. The third-order valence-corrected chi connectivity index (χ3v) is 3.76. The largest absolute Gasteiger partial charge is 0.493 e. The molecule has 1 aromatic carbocycles. The molecule has 1 aromatic rings. The van der Waals surface area contributed by atoms with E-state index in [4.69, 9.17) is 15.2 Å². The highest BCUT2D eigenvalue weighted by atomic mass is 16.5. The van der Waals surface area contributed by atoms with Crippen molar-refractivity contribution in [2.45, 2.75) is 19.3 Å². The number of nitrogens with two attached hydrogens (primary N) is 1. The minimum Gasteiger partial charge on any atom is -0.493 e. The van der Waals surface area contributed by atoms with E-state index in [-0.39, 0.29) is 0 Å². The number of benzene rings is 1. The van der Waals surface area contributed by atoms with Gasteiger partial charge in [-0.15, -0.1) is 0 Å². The molecular weight excluding hydrogens is 252 g/mol. The van der Waals surface area contributed by atoms with Crippen molar-refractivity contribution >= 4 is 0 Å². The summed E-state index contributed by atoms with van der Waals surface area (Å²) in [5.74, 6) is 1.06. The molecule has 20 heavy (non-hydrogen) atoms. The van der Waals surface area contributed by atoms with Gasteiger partial charge in [-0.05, 0) is 43.1 Å². The van der Waals surface area contributed by atoms with Gasteiger partial charge in [0.1, 0.15) is 5.75 Å². The van der Waals surface area contributed by atoms with E-state index in [0.29, 0.717) is 0 Å². The number of hydrogen-bond acceptors (Lipinski definition) is 4. The standard InChI is InChI=1S/C16H26N2O2/c1-19-12-10-18(8-2-7-17)9-5-14-3-4-16-15(13-14)6-11-20-16/h3-4,13H,2,5-12,17H2,1H3. The van der Waals surface area contributed by atoms with Crippen LogP contribution in [0.2, 0.25) is 0 Å². The van der Waals surface area contributed by atoms with Crippen LogP contribution in [-0.4, -0.2) is 51.4 Å². The van der Waals surface area contributed by atoms with E-state index in [1.807, 2.05) is 0 Å². The quantitative estimate of drug-likeness (QED) is 0.743. The van der Waals surface area contributed by atoms with E-state index in [2.05, 4.69) is 23.1 Å². The normalized spacial score (nSPS) is 13.6. The Bertz CT molecular complexity index is 401. The Kier molecular flexibility index (Phi) is 6.30. The van der Waals surface area contributed by atoms with Crippen LogP contribution >= 0.6 is 0 Å². The Morgan fingerprint density at radius 3 is 3.00 bits per heavy atom. The highest BCUT2D eigenvalue weighted by molar-refractivity contribution is 5.39. The Labute approximate surface area is 121 Å². The van der Waals surface area contributed by atoms with Crippen LogP contribution in [0.3, 0.4) is 0 Å². The van der Waals surface area contributed by atoms with Crippen molar-refractivity contribution in [3.63, 3.8) is 0 Å². The average Bonchev–Trinajstić information content (AvgIpc) is 2.94. The number of methoxy groups -OCH3 is 1. The molecule has 0 fully saturated rings. The van der Waals surface area contributed by atoms with Crippen molar-refractivity contribution in [2.75, 3.05) is 46.5 Å². The monoisotopic (exact) mass is 278 g/mol. The van der Waals surface area contributed by atoms with Gasteiger partial charge < -0.3 is 20.1 Å². The molecular formula is C16H26N2O2. The summed E-state index contributed by atoms with van der Waals surface area (Å²) in [5.41, 5.74) is 8.35. The Morgan fingerprint density at radius 1 is 1.30 bits per heavy atom. The van der Waals surface area contributed by atoms with Gasteiger partial charge in [-0.2, -0.15) is 0 Å². The molecule has 0 saturated heterocycles. The zero-order chi connectivity index (χ0) is 14.2. The van der Waals surface area contributed by atoms with Crippen molar-refractivity contribution in [2.24, 2.45) is 5.73 Å². The summed E-state index contributed by atoms with van der Waals surface area (Å²) >= 11 is 0. The lowest BCUT2D eigenvalue weighted by atomic mass is 10.1. The van der Waals surface area contributed by atoms with Gasteiger partial charge in [-0.25, -0.2) is 0 Å². The molecule has 0 saturated carbocycles. The minimum atomic E-state index is 0.750. The molecule has 0 unspecified atom stereocenters. The maximum atomic E-state index is 5.60. The molecule has 112 valence electrons. The van der Waals surface area contributed by atoms with Crippen molar-refractivity contribution < 1.29 is 9.47 Å². The predicted molar refractivity (Wildman–Crippen MR) is 81.3 cm³/mol. The zero-order valence-electron chi connectivity index (χ0n) is 12.4. The number of nitrogens with zero attached hydrogens (tertiary/aromatic N) is 1. The number of hydrogen-bond donors (Lipinski definition) is 1. The number of rotatable bonds is 9. The fourth-order valence-corrected chi connectivity index (χ4v) is 2.55. The van der Waals surface area contributed by atoms with E-state index < -0.39 is 0 Å². The number of ether oxygens (including phenoxy) is 2. The van der Waals surface area contributed by atoms with Crippen LogP contribution in [0, 0.1) is 0 Å². The van der Waals surface area contributed by atoms with Crippen LogP contribution in [0.4, 0.5) is 0 Å². The van der Waals surface area contributed by atoms with Gasteiger partial charge in [0.2, 0.25) is 0 Å². The van der Waals surface area contributed by atoms with Gasteiger partial charge >= 0.3 is 0 Å². The molecule has 0 radical (unpaired) electrons. The molecule has 0 bridgehead atoms. The maximum Gasteiger partial charge on any atom is 0.122 e. The first-order chi connectivity index (χ1) is 9.83. The summed E-state index contributed by atoms with van der Waals surface area (Å²) in [6, 6.07) is 6.58. The lowest BCUT2D eigenvalue weighted by Gasteiger charge is -2.21. The van der Waals surface area contributed by atoms with Gasteiger partial charge in [0.15, 0.2) is 0 Å². The molecule has 0 amide bonds. The molecule has 4 nitrogen and oxygen atoms in total. The molecule has 4 heteroatoms. The van der Waals surface area contributed by atoms with E-state index in [0.717, 1.165) is 64.4 Å². The molecule has 0 spiro atoms. The average molecular weight is 278 g/mol. The fourth-order valence-electron chi connectivity index (χ4n) is 2.55. The second-order valence-corrected chi connectivity index (χ2v) is 5.27. The zero-order valence-corrected chi connectivity index (χ0v) is 12.4. The van der Waals surface area contributed by atoms with Gasteiger partial charge in [0.05, 0.1) is 13.2 Å². The van der Waals surface area contributed by atoms with E-state index in [9.17, 15) is 0 Å². The Hall–Kier alpha value is -1.10. The van der Waals surface area contributed by atoms with Crippen molar-refractivity contribution in [3.8, 4) is 5.75 Å². The first-order valence-electron chi connectivity index (χ1n) is 7.49. The summed E-state index contributed by atoms with van der Waals surface area (Å²) in [7, 11) is 1.75. The SMILES string of the molecule is COCCN(CCCN)CCc1ccc2c(c1)CCO2. The summed E-state index contributed by atoms with van der Waals surface area (Å²) in [6.07, 6.45) is 3.16. The van der Waals surface area contributed by atoms with E-state index in [1.165, 1.54) is 11.1 Å². The topological polar surface area (TPSA) is 47.7 Å². The smallest absolute Gasteiger partial charge is 0.122 e. The molecule has 1 aliphatic rings. The summed E-state index contributed by atoms with van der Waals surface area (Å²) in [5, 5.41) is 0. The first-order valence-corrected chi connectivity index (χ1v) is 7.49. The number of fused-ring (bicyclic) bond motifs is 1. The second-order valence-electron chi connectivity index (χ2n) is 5.27. The van der Waals surface area contributed by atoms with Gasteiger partial charge in [0.25, 0.3) is 0 Å². The predicted octanol–water partition coefficient (Wildman–Crippen LogP) is 1.46. The Balaban J connectivity index is 1.84.